The number of halogens is 3. The second-order valence-corrected chi connectivity index (χ2v) is 8.91. The Labute approximate surface area is 141 Å². The lowest BCUT2D eigenvalue weighted by Gasteiger charge is -2.55. The van der Waals surface area contributed by atoms with E-state index in [-0.39, 0.29) is 17.2 Å². The standard InChI is InChI=1S/C18H27F3N2O/c19-18(20,21)11-23-2-1-12(10-23)9-22-16(24)17-6-13-3-14(7-17)5-15(4-13)8-17/h12-15H,1-11H2,(H,22,24)/t12-,13?,14?,15?,17?/m1/s1. The molecule has 1 aliphatic heterocycles. The number of hydrogen-bond acceptors (Lipinski definition) is 2. The van der Waals surface area contributed by atoms with Crippen LogP contribution in [0.3, 0.4) is 0 Å². The number of hydrogen-bond donors (Lipinski definition) is 1. The Hall–Kier alpha value is -0.780. The van der Waals surface area contributed by atoms with Gasteiger partial charge in [-0.15, -0.1) is 0 Å². The summed E-state index contributed by atoms with van der Waals surface area (Å²) in [6, 6.07) is 0. The van der Waals surface area contributed by atoms with E-state index in [1.54, 1.807) is 0 Å². The Kier molecular flexibility index (Phi) is 4.09. The van der Waals surface area contributed by atoms with Crippen LogP contribution in [0.5, 0.6) is 0 Å². The van der Waals surface area contributed by atoms with Crippen LogP contribution in [0.15, 0.2) is 0 Å². The fourth-order valence-electron chi connectivity index (χ4n) is 6.29. The molecule has 6 heteroatoms. The van der Waals surface area contributed by atoms with Crippen molar-refractivity contribution in [3.05, 3.63) is 0 Å². The van der Waals surface area contributed by atoms with Crippen molar-refractivity contribution in [1.29, 1.82) is 0 Å². The van der Waals surface area contributed by atoms with Crippen LogP contribution in [0.4, 0.5) is 13.2 Å². The Morgan fingerprint density at radius 3 is 2.21 bits per heavy atom. The summed E-state index contributed by atoms with van der Waals surface area (Å²) in [6.07, 6.45) is 3.65. The van der Waals surface area contributed by atoms with Crippen LogP contribution in [0, 0.1) is 29.1 Å². The highest BCUT2D eigenvalue weighted by atomic mass is 19.4. The third kappa shape index (κ3) is 3.31. The summed E-state index contributed by atoms with van der Waals surface area (Å²) in [7, 11) is 0. The molecule has 1 N–H and O–H groups in total. The number of nitrogens with one attached hydrogen (secondary N) is 1. The number of alkyl halides is 3. The maximum Gasteiger partial charge on any atom is 0.401 e. The molecule has 1 saturated heterocycles. The Balaban J connectivity index is 1.29. The molecular formula is C18H27F3N2O. The molecule has 4 saturated carbocycles. The summed E-state index contributed by atoms with van der Waals surface area (Å²) in [6.45, 7) is 0.638. The lowest BCUT2D eigenvalue weighted by molar-refractivity contribution is -0.147. The Bertz CT molecular complexity index is 470. The van der Waals surface area contributed by atoms with E-state index in [0.717, 1.165) is 43.4 Å². The molecule has 24 heavy (non-hydrogen) atoms. The number of rotatable bonds is 4. The predicted octanol–water partition coefficient (Wildman–Crippen LogP) is 3.20. The largest absolute Gasteiger partial charge is 0.401 e. The second kappa shape index (κ2) is 5.89. The lowest BCUT2D eigenvalue weighted by Crippen LogP contribution is -2.54. The van der Waals surface area contributed by atoms with Crippen LogP contribution in [-0.2, 0) is 4.79 Å². The highest BCUT2D eigenvalue weighted by molar-refractivity contribution is 5.83. The topological polar surface area (TPSA) is 32.3 Å². The normalized spacial score (nSPS) is 41.8. The summed E-state index contributed by atoms with van der Waals surface area (Å²) in [5, 5.41) is 3.12. The van der Waals surface area contributed by atoms with Gasteiger partial charge in [0.2, 0.25) is 5.91 Å². The van der Waals surface area contributed by atoms with Crippen molar-refractivity contribution in [2.24, 2.45) is 29.1 Å². The number of likely N-dealkylation sites (tertiary alicyclic amines) is 1. The van der Waals surface area contributed by atoms with Gasteiger partial charge in [0.05, 0.1) is 6.54 Å². The monoisotopic (exact) mass is 344 g/mol. The lowest BCUT2D eigenvalue weighted by atomic mass is 9.49. The van der Waals surface area contributed by atoms with Crippen LogP contribution in [-0.4, -0.2) is 43.2 Å². The predicted molar refractivity (Wildman–Crippen MR) is 84.2 cm³/mol. The summed E-state index contributed by atoms with van der Waals surface area (Å²) in [4.78, 5) is 14.3. The minimum absolute atomic E-state index is 0.154. The summed E-state index contributed by atoms with van der Waals surface area (Å²) in [5.74, 6) is 2.54. The van der Waals surface area contributed by atoms with Gasteiger partial charge in [-0.1, -0.05) is 0 Å². The average Bonchev–Trinajstić information content (AvgIpc) is 2.88. The molecule has 5 fully saturated rings. The molecule has 5 aliphatic rings. The molecular weight excluding hydrogens is 317 g/mol. The average molecular weight is 344 g/mol. The highest BCUT2D eigenvalue weighted by Gasteiger charge is 2.54. The van der Waals surface area contributed by atoms with Gasteiger partial charge >= 0.3 is 6.18 Å². The van der Waals surface area contributed by atoms with E-state index in [1.165, 1.54) is 24.2 Å². The van der Waals surface area contributed by atoms with Crippen molar-refractivity contribution in [2.45, 2.75) is 51.1 Å². The van der Waals surface area contributed by atoms with Gasteiger partial charge in [0.15, 0.2) is 0 Å². The maximum atomic E-state index is 12.9. The number of amides is 1. The van der Waals surface area contributed by atoms with Gasteiger partial charge in [-0.2, -0.15) is 13.2 Å². The van der Waals surface area contributed by atoms with E-state index >= 15 is 0 Å². The molecule has 0 unspecified atom stereocenters. The van der Waals surface area contributed by atoms with E-state index in [0.29, 0.717) is 19.6 Å². The number of nitrogens with zero attached hydrogens (tertiary/aromatic N) is 1. The highest BCUT2D eigenvalue weighted by Crippen LogP contribution is 2.60. The molecule has 0 aromatic heterocycles. The van der Waals surface area contributed by atoms with Gasteiger partial charge in [0.1, 0.15) is 0 Å². The van der Waals surface area contributed by atoms with Gasteiger partial charge in [-0.25, -0.2) is 0 Å². The first-order valence-electron chi connectivity index (χ1n) is 9.39. The second-order valence-electron chi connectivity index (χ2n) is 8.91. The molecule has 1 heterocycles. The molecule has 4 bridgehead atoms. The molecule has 5 rings (SSSR count). The van der Waals surface area contributed by atoms with Crippen LogP contribution in [0.1, 0.15) is 44.9 Å². The quantitative estimate of drug-likeness (QED) is 0.849. The molecule has 136 valence electrons. The fourth-order valence-corrected chi connectivity index (χ4v) is 6.29. The first-order valence-corrected chi connectivity index (χ1v) is 9.39. The molecule has 0 radical (unpaired) electrons. The zero-order valence-electron chi connectivity index (χ0n) is 14.1. The van der Waals surface area contributed by atoms with Crippen LogP contribution in [0.25, 0.3) is 0 Å². The Morgan fingerprint density at radius 2 is 1.67 bits per heavy atom. The fraction of sp³-hybridized carbons (Fsp3) is 0.944. The van der Waals surface area contributed by atoms with Crippen molar-refractivity contribution in [1.82, 2.24) is 10.2 Å². The van der Waals surface area contributed by atoms with Gasteiger partial charge in [0.25, 0.3) is 0 Å². The van der Waals surface area contributed by atoms with E-state index in [4.69, 9.17) is 0 Å². The molecule has 1 amide bonds. The molecule has 0 aromatic rings. The molecule has 0 aromatic carbocycles. The minimum atomic E-state index is -4.13. The van der Waals surface area contributed by atoms with E-state index < -0.39 is 12.7 Å². The summed E-state index contributed by atoms with van der Waals surface area (Å²) in [5.41, 5.74) is -0.154. The van der Waals surface area contributed by atoms with Crippen molar-refractivity contribution >= 4 is 5.91 Å². The van der Waals surface area contributed by atoms with Crippen molar-refractivity contribution in [3.8, 4) is 0 Å². The first kappa shape index (κ1) is 16.7. The maximum absolute atomic E-state index is 12.9. The third-order valence-corrected chi connectivity index (χ3v) is 6.84. The van der Waals surface area contributed by atoms with E-state index in [9.17, 15) is 18.0 Å². The zero-order valence-corrected chi connectivity index (χ0v) is 14.1. The van der Waals surface area contributed by atoms with Crippen LogP contribution < -0.4 is 5.32 Å². The smallest absolute Gasteiger partial charge is 0.355 e. The van der Waals surface area contributed by atoms with Crippen molar-refractivity contribution in [2.75, 3.05) is 26.2 Å². The summed E-state index contributed by atoms with van der Waals surface area (Å²) < 4.78 is 37.4. The van der Waals surface area contributed by atoms with E-state index in [1.807, 2.05) is 0 Å². The molecule has 3 nitrogen and oxygen atoms in total. The van der Waals surface area contributed by atoms with E-state index in [2.05, 4.69) is 5.32 Å². The van der Waals surface area contributed by atoms with Crippen molar-refractivity contribution < 1.29 is 18.0 Å². The molecule has 4 aliphatic carbocycles. The minimum Gasteiger partial charge on any atom is -0.355 e. The SMILES string of the molecule is O=C(NC[C@H]1CCN(CC(F)(F)F)C1)C12CC3CC(CC(C3)C1)C2. The summed E-state index contributed by atoms with van der Waals surface area (Å²) >= 11 is 0. The van der Waals surface area contributed by atoms with Crippen LogP contribution >= 0.6 is 0 Å². The third-order valence-electron chi connectivity index (χ3n) is 6.84. The van der Waals surface area contributed by atoms with Gasteiger partial charge < -0.3 is 5.32 Å². The molecule has 1 atom stereocenters. The van der Waals surface area contributed by atoms with Gasteiger partial charge in [-0.05, 0) is 75.2 Å². The van der Waals surface area contributed by atoms with Gasteiger partial charge in [0, 0.05) is 18.5 Å². The number of carbonyl (C=O) groups is 1. The Morgan fingerprint density at radius 1 is 1.08 bits per heavy atom. The zero-order chi connectivity index (χ0) is 16.9. The molecule has 0 spiro atoms. The number of carbonyl (C=O) groups excluding carboxylic acids is 1. The first-order chi connectivity index (χ1) is 11.3. The van der Waals surface area contributed by atoms with Crippen molar-refractivity contribution in [3.63, 3.8) is 0 Å². The van der Waals surface area contributed by atoms with Crippen LogP contribution in [0.2, 0.25) is 0 Å². The van der Waals surface area contributed by atoms with Gasteiger partial charge in [-0.3, -0.25) is 9.69 Å².